The van der Waals surface area contributed by atoms with Crippen LogP contribution in [-0.2, 0) is 22.8 Å². The number of aliphatic carboxylic acids is 1. The number of benzene rings is 1. The highest BCUT2D eigenvalue weighted by Gasteiger charge is 2.36. The first-order valence-corrected chi connectivity index (χ1v) is 10.8. The number of hydrogen-bond donors (Lipinski definition) is 2. The van der Waals surface area contributed by atoms with E-state index in [0.717, 1.165) is 49.8 Å². The van der Waals surface area contributed by atoms with Gasteiger partial charge in [-0.05, 0) is 42.7 Å². The third-order valence-corrected chi connectivity index (χ3v) is 6.33. The standard InChI is InChI=1S/C24H24F3N3O3/c25-24(26,27)17-9-7-16(8-10-17)23(11-2-1-3-12-23)15-28-22(33)19-5-4-6-20-29-18(13-21(31)32)14-30(19)20/h4-10,14H,1-3,11-13,15H2,(H,28,33)(H,31,32). The molecule has 3 aromatic rings. The molecule has 2 heterocycles. The van der Waals surface area contributed by atoms with Gasteiger partial charge in [-0.25, -0.2) is 4.98 Å². The fourth-order valence-electron chi connectivity index (χ4n) is 4.64. The van der Waals surface area contributed by atoms with Gasteiger partial charge in [0.15, 0.2) is 0 Å². The summed E-state index contributed by atoms with van der Waals surface area (Å²) in [5.74, 6) is -1.36. The molecule has 1 aromatic carbocycles. The number of nitrogens with one attached hydrogen (secondary N) is 1. The highest BCUT2D eigenvalue weighted by atomic mass is 19.4. The summed E-state index contributed by atoms with van der Waals surface area (Å²) >= 11 is 0. The smallest absolute Gasteiger partial charge is 0.416 e. The van der Waals surface area contributed by atoms with Crippen molar-refractivity contribution in [3.8, 4) is 0 Å². The minimum Gasteiger partial charge on any atom is -0.481 e. The summed E-state index contributed by atoms with van der Waals surface area (Å²) in [7, 11) is 0. The van der Waals surface area contributed by atoms with Gasteiger partial charge in [0.2, 0.25) is 0 Å². The van der Waals surface area contributed by atoms with Crippen molar-refractivity contribution in [2.45, 2.75) is 50.1 Å². The van der Waals surface area contributed by atoms with E-state index >= 15 is 0 Å². The molecule has 1 aliphatic carbocycles. The zero-order chi connectivity index (χ0) is 23.6. The number of rotatable bonds is 6. The molecule has 1 aliphatic rings. The van der Waals surface area contributed by atoms with Gasteiger partial charge in [-0.2, -0.15) is 13.2 Å². The molecule has 0 saturated heterocycles. The number of amides is 1. The topological polar surface area (TPSA) is 83.7 Å². The van der Waals surface area contributed by atoms with Gasteiger partial charge in [-0.3, -0.25) is 14.0 Å². The summed E-state index contributed by atoms with van der Waals surface area (Å²) in [6, 6.07) is 10.2. The Bertz CT molecular complexity index is 1160. The molecule has 2 aromatic heterocycles. The average molecular weight is 459 g/mol. The van der Waals surface area contributed by atoms with Crippen LogP contribution in [0.2, 0.25) is 0 Å². The van der Waals surface area contributed by atoms with Gasteiger partial charge in [-0.15, -0.1) is 0 Å². The van der Waals surface area contributed by atoms with Gasteiger partial charge in [0.1, 0.15) is 11.3 Å². The van der Waals surface area contributed by atoms with E-state index in [2.05, 4.69) is 10.3 Å². The minimum atomic E-state index is -4.39. The number of nitrogens with zero attached hydrogens (tertiary/aromatic N) is 2. The van der Waals surface area contributed by atoms with Gasteiger partial charge < -0.3 is 10.4 Å². The maximum absolute atomic E-state index is 13.1. The minimum absolute atomic E-state index is 0.250. The van der Waals surface area contributed by atoms with Gasteiger partial charge >= 0.3 is 12.1 Å². The number of carboxylic acid groups (broad SMARTS) is 1. The number of aromatic nitrogens is 2. The number of halogens is 3. The van der Waals surface area contributed by atoms with Crippen molar-refractivity contribution in [3.63, 3.8) is 0 Å². The zero-order valence-corrected chi connectivity index (χ0v) is 17.9. The molecular formula is C24H24F3N3O3. The van der Waals surface area contributed by atoms with Crippen molar-refractivity contribution < 1.29 is 27.9 Å². The number of alkyl halides is 3. The lowest BCUT2D eigenvalue weighted by molar-refractivity contribution is -0.138. The van der Waals surface area contributed by atoms with E-state index in [0.29, 0.717) is 23.6 Å². The van der Waals surface area contributed by atoms with Crippen LogP contribution in [0.25, 0.3) is 5.65 Å². The molecule has 1 saturated carbocycles. The molecule has 4 rings (SSSR count). The van der Waals surface area contributed by atoms with Crippen molar-refractivity contribution in [2.75, 3.05) is 6.54 Å². The largest absolute Gasteiger partial charge is 0.481 e. The third kappa shape index (κ3) is 4.86. The second-order valence-corrected chi connectivity index (χ2v) is 8.54. The molecule has 9 heteroatoms. The summed E-state index contributed by atoms with van der Waals surface area (Å²) in [5.41, 5.74) is 0.792. The Morgan fingerprint density at radius 1 is 1.06 bits per heavy atom. The number of carboxylic acids is 1. The van der Waals surface area contributed by atoms with Crippen molar-refractivity contribution in [1.29, 1.82) is 0 Å². The summed E-state index contributed by atoms with van der Waals surface area (Å²) in [5, 5.41) is 12.0. The Morgan fingerprint density at radius 3 is 2.39 bits per heavy atom. The summed E-state index contributed by atoms with van der Waals surface area (Å²) < 4.78 is 40.6. The van der Waals surface area contributed by atoms with Gasteiger partial charge in [0.25, 0.3) is 5.91 Å². The lowest BCUT2D eigenvalue weighted by Crippen LogP contribution is -2.42. The fourth-order valence-corrected chi connectivity index (χ4v) is 4.64. The second kappa shape index (κ2) is 8.88. The van der Waals surface area contributed by atoms with E-state index in [1.807, 2.05) is 0 Å². The summed E-state index contributed by atoms with van der Waals surface area (Å²) in [6.07, 6.45) is 1.36. The van der Waals surface area contributed by atoms with Crippen LogP contribution in [0.3, 0.4) is 0 Å². The second-order valence-electron chi connectivity index (χ2n) is 8.54. The first-order valence-electron chi connectivity index (χ1n) is 10.8. The Labute approximate surface area is 188 Å². The Morgan fingerprint density at radius 2 is 1.76 bits per heavy atom. The molecular weight excluding hydrogens is 435 g/mol. The number of pyridine rings is 1. The zero-order valence-electron chi connectivity index (χ0n) is 17.9. The Balaban J connectivity index is 1.57. The molecule has 174 valence electrons. The quantitative estimate of drug-likeness (QED) is 0.564. The van der Waals surface area contributed by atoms with Crippen molar-refractivity contribution in [3.05, 3.63) is 71.2 Å². The van der Waals surface area contributed by atoms with E-state index in [9.17, 15) is 22.8 Å². The van der Waals surface area contributed by atoms with Crippen LogP contribution >= 0.6 is 0 Å². The van der Waals surface area contributed by atoms with Crippen LogP contribution < -0.4 is 5.32 Å². The summed E-state index contributed by atoms with van der Waals surface area (Å²) in [6.45, 7) is 0.296. The molecule has 0 aliphatic heterocycles. The molecule has 0 atom stereocenters. The van der Waals surface area contributed by atoms with Gasteiger partial charge in [0.05, 0.1) is 17.7 Å². The maximum atomic E-state index is 13.1. The maximum Gasteiger partial charge on any atom is 0.416 e. The highest BCUT2D eigenvalue weighted by molar-refractivity contribution is 5.93. The van der Waals surface area contributed by atoms with Crippen LogP contribution in [0.15, 0.2) is 48.7 Å². The molecule has 0 spiro atoms. The van der Waals surface area contributed by atoms with Crippen LogP contribution in [-0.4, -0.2) is 32.9 Å². The van der Waals surface area contributed by atoms with Crippen LogP contribution in [0.4, 0.5) is 13.2 Å². The monoisotopic (exact) mass is 459 g/mol. The van der Waals surface area contributed by atoms with E-state index in [4.69, 9.17) is 5.11 Å². The first kappa shape index (κ1) is 22.8. The number of carbonyl (C=O) groups is 2. The van der Waals surface area contributed by atoms with Crippen LogP contribution in [0.1, 0.15) is 59.4 Å². The molecule has 6 nitrogen and oxygen atoms in total. The van der Waals surface area contributed by atoms with Crippen molar-refractivity contribution >= 4 is 17.5 Å². The number of fused-ring (bicyclic) bond motifs is 1. The number of imidazole rings is 1. The molecule has 1 amide bonds. The first-order chi connectivity index (χ1) is 15.7. The molecule has 2 N–H and O–H groups in total. The summed E-state index contributed by atoms with van der Waals surface area (Å²) in [4.78, 5) is 28.3. The molecule has 0 radical (unpaired) electrons. The van der Waals surface area contributed by atoms with E-state index in [1.165, 1.54) is 18.3 Å². The average Bonchev–Trinajstić information content (AvgIpc) is 3.19. The van der Waals surface area contributed by atoms with Gasteiger partial charge in [0, 0.05) is 18.2 Å². The SMILES string of the molecule is O=C(O)Cc1cn2c(C(=O)NCC3(c4ccc(C(F)(F)F)cc4)CCCCC3)cccc2n1. The van der Waals surface area contributed by atoms with E-state index < -0.39 is 23.1 Å². The number of hydrogen-bond acceptors (Lipinski definition) is 3. The lowest BCUT2D eigenvalue weighted by atomic mass is 9.69. The molecule has 0 unspecified atom stereocenters. The van der Waals surface area contributed by atoms with Gasteiger partial charge in [-0.1, -0.05) is 37.5 Å². The predicted octanol–water partition coefficient (Wildman–Crippen LogP) is 4.61. The lowest BCUT2D eigenvalue weighted by Gasteiger charge is -2.38. The normalized spacial score (nSPS) is 16.0. The van der Waals surface area contributed by atoms with E-state index in [1.54, 1.807) is 22.6 Å². The fraction of sp³-hybridized carbons (Fsp3) is 0.375. The van der Waals surface area contributed by atoms with Crippen molar-refractivity contribution in [1.82, 2.24) is 14.7 Å². The Hall–Kier alpha value is -3.36. The third-order valence-electron chi connectivity index (χ3n) is 6.33. The molecule has 1 fully saturated rings. The van der Waals surface area contributed by atoms with Crippen LogP contribution in [0, 0.1) is 0 Å². The molecule has 0 bridgehead atoms. The Kier molecular flexibility index (Phi) is 6.14. The van der Waals surface area contributed by atoms with Crippen LogP contribution in [0.5, 0.6) is 0 Å². The number of carbonyl (C=O) groups excluding carboxylic acids is 1. The van der Waals surface area contributed by atoms with Crippen molar-refractivity contribution in [2.24, 2.45) is 0 Å². The predicted molar refractivity (Wildman–Crippen MR) is 115 cm³/mol. The highest BCUT2D eigenvalue weighted by Crippen LogP contribution is 2.40. The molecule has 33 heavy (non-hydrogen) atoms. The van der Waals surface area contributed by atoms with E-state index in [-0.39, 0.29) is 12.3 Å².